The van der Waals surface area contributed by atoms with Gasteiger partial charge in [-0.05, 0) is 24.5 Å². The molecule has 1 aliphatic heterocycles. The van der Waals surface area contributed by atoms with Crippen LogP contribution in [0.25, 0.3) is 0 Å². The number of carbonyl (C=O) groups is 1. The van der Waals surface area contributed by atoms with Gasteiger partial charge in [0.05, 0.1) is 5.69 Å². The van der Waals surface area contributed by atoms with Crippen molar-refractivity contribution in [3.05, 3.63) is 29.3 Å². The van der Waals surface area contributed by atoms with Gasteiger partial charge in [0.2, 0.25) is 5.91 Å². The molecule has 0 N–H and O–H groups in total. The van der Waals surface area contributed by atoms with E-state index in [1.807, 2.05) is 0 Å². The number of benzene rings is 1. The molecule has 0 fully saturated rings. The van der Waals surface area contributed by atoms with Gasteiger partial charge in [0.1, 0.15) is 5.88 Å². The highest BCUT2D eigenvalue weighted by Gasteiger charge is 2.26. The van der Waals surface area contributed by atoms with Crippen LogP contribution in [0.3, 0.4) is 0 Å². The number of rotatable bonds is 1. The zero-order valence-electron chi connectivity index (χ0n) is 8.47. The fraction of sp³-hybridized carbons (Fsp3) is 0.364. The van der Waals surface area contributed by atoms with E-state index in [0.717, 1.165) is 12.5 Å². The molecular weight excluding hydrogens is 236 g/mol. The van der Waals surface area contributed by atoms with E-state index in [1.54, 1.807) is 0 Å². The summed E-state index contributed by atoms with van der Waals surface area (Å²) in [5, 5.41) is 0. The number of halogens is 3. The summed E-state index contributed by atoms with van der Waals surface area (Å²) in [5.74, 6) is -2.52. The maximum absolute atomic E-state index is 13.6. The zero-order valence-corrected chi connectivity index (χ0v) is 9.23. The van der Waals surface area contributed by atoms with Crippen LogP contribution in [0, 0.1) is 11.6 Å². The van der Waals surface area contributed by atoms with E-state index < -0.39 is 17.5 Å². The van der Waals surface area contributed by atoms with Crippen molar-refractivity contribution in [1.29, 1.82) is 0 Å². The quantitative estimate of drug-likeness (QED) is 0.696. The molecule has 86 valence electrons. The zero-order chi connectivity index (χ0) is 11.7. The van der Waals surface area contributed by atoms with Crippen LogP contribution in [0.2, 0.25) is 0 Å². The summed E-state index contributed by atoms with van der Waals surface area (Å²) in [6, 6.07) is 2.60. The minimum atomic E-state index is -0.962. The predicted molar refractivity (Wildman–Crippen MR) is 57.8 cm³/mol. The molecule has 0 spiro atoms. The van der Waals surface area contributed by atoms with Crippen molar-refractivity contribution in [3.63, 3.8) is 0 Å². The number of anilines is 1. The number of fused-ring (bicyclic) bond motifs is 1. The Labute approximate surface area is 96.8 Å². The Bertz CT molecular complexity index is 436. The van der Waals surface area contributed by atoms with Crippen molar-refractivity contribution in [2.24, 2.45) is 0 Å². The maximum Gasteiger partial charge on any atom is 0.241 e. The first-order valence-corrected chi connectivity index (χ1v) is 5.52. The molecule has 2 rings (SSSR count). The van der Waals surface area contributed by atoms with E-state index in [0.29, 0.717) is 18.5 Å². The molecule has 0 saturated heterocycles. The Morgan fingerprint density at radius 2 is 2.19 bits per heavy atom. The van der Waals surface area contributed by atoms with E-state index in [4.69, 9.17) is 11.6 Å². The topological polar surface area (TPSA) is 20.3 Å². The van der Waals surface area contributed by atoms with E-state index in [1.165, 1.54) is 11.0 Å². The summed E-state index contributed by atoms with van der Waals surface area (Å²) >= 11 is 5.44. The molecule has 0 bridgehead atoms. The molecule has 1 aliphatic rings. The van der Waals surface area contributed by atoms with Crippen LogP contribution < -0.4 is 4.90 Å². The summed E-state index contributed by atoms with van der Waals surface area (Å²) in [6.07, 6.45) is 1.39. The average Bonchev–Trinajstić information content (AvgIpc) is 2.32. The van der Waals surface area contributed by atoms with Crippen molar-refractivity contribution < 1.29 is 13.6 Å². The summed E-state index contributed by atoms with van der Waals surface area (Å²) in [4.78, 5) is 12.7. The lowest BCUT2D eigenvalue weighted by atomic mass is 10.0. The maximum atomic E-state index is 13.6. The molecule has 0 unspecified atom stereocenters. The van der Waals surface area contributed by atoms with E-state index in [9.17, 15) is 13.6 Å². The number of aryl methyl sites for hydroxylation is 1. The third kappa shape index (κ3) is 1.78. The van der Waals surface area contributed by atoms with Crippen molar-refractivity contribution in [2.45, 2.75) is 12.8 Å². The fourth-order valence-corrected chi connectivity index (χ4v) is 2.08. The van der Waals surface area contributed by atoms with Gasteiger partial charge in [-0.15, -0.1) is 11.6 Å². The van der Waals surface area contributed by atoms with Crippen molar-refractivity contribution >= 4 is 23.2 Å². The lowest BCUT2D eigenvalue weighted by Gasteiger charge is -2.29. The van der Waals surface area contributed by atoms with Crippen LogP contribution in [0.4, 0.5) is 14.5 Å². The van der Waals surface area contributed by atoms with Gasteiger partial charge in [-0.3, -0.25) is 4.79 Å². The highest BCUT2D eigenvalue weighted by Crippen LogP contribution is 2.31. The molecule has 0 aliphatic carbocycles. The number of carbonyl (C=O) groups excluding carboxylic acids is 1. The Morgan fingerprint density at radius 1 is 1.44 bits per heavy atom. The number of nitrogens with zero attached hydrogens (tertiary/aromatic N) is 1. The molecule has 1 aromatic rings. The van der Waals surface area contributed by atoms with Gasteiger partial charge in [-0.25, -0.2) is 8.78 Å². The Morgan fingerprint density at radius 3 is 2.88 bits per heavy atom. The van der Waals surface area contributed by atoms with Crippen LogP contribution >= 0.6 is 11.6 Å². The third-order valence-corrected chi connectivity index (χ3v) is 2.89. The lowest BCUT2D eigenvalue weighted by molar-refractivity contribution is -0.116. The van der Waals surface area contributed by atoms with Gasteiger partial charge in [0.15, 0.2) is 11.6 Å². The first-order chi connectivity index (χ1) is 7.65. The first kappa shape index (κ1) is 11.3. The molecule has 2 nitrogen and oxygen atoms in total. The summed E-state index contributed by atoms with van der Waals surface area (Å²) in [7, 11) is 0. The number of hydrogen-bond donors (Lipinski definition) is 0. The highest BCUT2D eigenvalue weighted by atomic mass is 35.5. The van der Waals surface area contributed by atoms with Gasteiger partial charge in [-0.2, -0.15) is 0 Å². The summed E-state index contributed by atoms with van der Waals surface area (Å²) in [6.45, 7) is 0.388. The Balaban J connectivity index is 2.51. The summed E-state index contributed by atoms with van der Waals surface area (Å²) in [5.41, 5.74) is 0.709. The second-order valence-electron chi connectivity index (χ2n) is 3.65. The first-order valence-electron chi connectivity index (χ1n) is 4.98. The van der Waals surface area contributed by atoms with Crippen molar-refractivity contribution in [3.8, 4) is 0 Å². The standard InChI is InChI=1S/C11H10ClF2NO/c12-6-9(16)15-5-1-2-7-3-4-8(13)10(14)11(7)15/h3-4H,1-2,5-6H2. The molecule has 1 amide bonds. The molecule has 0 radical (unpaired) electrons. The fourth-order valence-electron chi connectivity index (χ4n) is 1.93. The SMILES string of the molecule is O=C(CCl)N1CCCc2ccc(F)c(F)c21. The molecule has 5 heteroatoms. The van der Waals surface area contributed by atoms with Crippen LogP contribution in [0.1, 0.15) is 12.0 Å². The molecule has 0 saturated carbocycles. The number of alkyl halides is 1. The van der Waals surface area contributed by atoms with E-state index >= 15 is 0 Å². The second kappa shape index (κ2) is 4.37. The Hall–Kier alpha value is -1.16. The third-order valence-electron chi connectivity index (χ3n) is 2.67. The lowest BCUT2D eigenvalue weighted by Crippen LogP contribution is -2.37. The largest absolute Gasteiger partial charge is 0.308 e. The number of amides is 1. The number of hydrogen-bond acceptors (Lipinski definition) is 1. The molecular formula is C11H10ClF2NO. The minimum absolute atomic E-state index is 0.0527. The molecule has 0 atom stereocenters. The van der Waals surface area contributed by atoms with Gasteiger partial charge in [0, 0.05) is 6.54 Å². The Kier molecular flexibility index (Phi) is 3.10. The van der Waals surface area contributed by atoms with Crippen LogP contribution in [-0.4, -0.2) is 18.3 Å². The smallest absolute Gasteiger partial charge is 0.241 e. The van der Waals surface area contributed by atoms with Gasteiger partial charge in [-0.1, -0.05) is 6.07 Å². The van der Waals surface area contributed by atoms with Gasteiger partial charge >= 0.3 is 0 Å². The van der Waals surface area contributed by atoms with Gasteiger partial charge in [0.25, 0.3) is 0 Å². The molecule has 0 aromatic heterocycles. The summed E-state index contributed by atoms with van der Waals surface area (Å²) < 4.78 is 26.7. The monoisotopic (exact) mass is 245 g/mol. The van der Waals surface area contributed by atoms with Crippen LogP contribution in [0.15, 0.2) is 12.1 Å². The van der Waals surface area contributed by atoms with Crippen molar-refractivity contribution in [1.82, 2.24) is 0 Å². The van der Waals surface area contributed by atoms with Gasteiger partial charge < -0.3 is 4.90 Å². The average molecular weight is 246 g/mol. The molecule has 16 heavy (non-hydrogen) atoms. The molecule has 1 heterocycles. The van der Waals surface area contributed by atoms with E-state index in [2.05, 4.69) is 0 Å². The van der Waals surface area contributed by atoms with Crippen molar-refractivity contribution in [2.75, 3.05) is 17.3 Å². The van der Waals surface area contributed by atoms with E-state index in [-0.39, 0.29) is 11.6 Å². The van der Waals surface area contributed by atoms with Crippen LogP contribution in [0.5, 0.6) is 0 Å². The normalized spacial score (nSPS) is 14.8. The minimum Gasteiger partial charge on any atom is -0.308 e. The molecule has 1 aromatic carbocycles. The second-order valence-corrected chi connectivity index (χ2v) is 3.92. The highest BCUT2D eigenvalue weighted by molar-refractivity contribution is 6.29. The van der Waals surface area contributed by atoms with Crippen LogP contribution in [-0.2, 0) is 11.2 Å². The predicted octanol–water partition coefficient (Wildman–Crippen LogP) is 2.48.